The minimum atomic E-state index is -0.547. The van der Waals surface area contributed by atoms with Gasteiger partial charge in [-0.1, -0.05) is 18.2 Å². The normalized spacial score (nSPS) is 12.7. The molecular formula is C13H17N3O2. The van der Waals surface area contributed by atoms with Gasteiger partial charge in [-0.3, -0.25) is 9.48 Å². The zero-order valence-corrected chi connectivity index (χ0v) is 10.8. The van der Waals surface area contributed by atoms with E-state index in [9.17, 15) is 9.90 Å². The maximum absolute atomic E-state index is 12.2. The number of carbonyl (C=O) groups excluding carboxylic acids is 1. The third-order valence-electron chi connectivity index (χ3n) is 2.85. The standard InChI is InChI=1S/C13H17N3O2/c1-9(17)8-15(2)13(18)12-10-6-4-5-7-11(10)16(3)14-12/h4-7,9,17H,8H2,1-3H3. The fourth-order valence-corrected chi connectivity index (χ4v) is 2.03. The van der Waals surface area contributed by atoms with Gasteiger partial charge in [-0.05, 0) is 13.0 Å². The number of nitrogens with zero attached hydrogens (tertiary/aromatic N) is 3. The number of rotatable bonds is 3. The number of aliphatic hydroxyl groups is 1. The Morgan fingerprint density at radius 3 is 2.83 bits per heavy atom. The zero-order chi connectivity index (χ0) is 13.3. The van der Waals surface area contributed by atoms with Crippen molar-refractivity contribution in [3.8, 4) is 0 Å². The molecule has 2 aromatic rings. The largest absolute Gasteiger partial charge is 0.392 e. The van der Waals surface area contributed by atoms with E-state index in [4.69, 9.17) is 0 Å². The lowest BCUT2D eigenvalue weighted by atomic mass is 10.2. The molecular weight excluding hydrogens is 230 g/mol. The van der Waals surface area contributed by atoms with Gasteiger partial charge in [-0.2, -0.15) is 5.10 Å². The van der Waals surface area contributed by atoms with Crippen molar-refractivity contribution in [3.63, 3.8) is 0 Å². The predicted molar refractivity (Wildman–Crippen MR) is 69.4 cm³/mol. The van der Waals surface area contributed by atoms with Crippen molar-refractivity contribution in [3.05, 3.63) is 30.0 Å². The number of hydrogen-bond acceptors (Lipinski definition) is 3. The van der Waals surface area contributed by atoms with E-state index < -0.39 is 6.10 Å². The summed E-state index contributed by atoms with van der Waals surface area (Å²) in [6.45, 7) is 1.95. The van der Waals surface area contributed by atoms with Crippen LogP contribution in [0.15, 0.2) is 24.3 Å². The molecule has 0 aliphatic rings. The van der Waals surface area contributed by atoms with E-state index in [1.807, 2.05) is 31.3 Å². The topological polar surface area (TPSA) is 58.4 Å². The molecule has 18 heavy (non-hydrogen) atoms. The van der Waals surface area contributed by atoms with Crippen LogP contribution in [0, 0.1) is 0 Å². The van der Waals surface area contributed by atoms with Crippen LogP contribution in [-0.2, 0) is 7.05 Å². The molecule has 1 unspecified atom stereocenters. The van der Waals surface area contributed by atoms with Crippen molar-refractivity contribution in [2.24, 2.45) is 7.05 Å². The molecule has 0 aliphatic carbocycles. The van der Waals surface area contributed by atoms with Crippen LogP contribution in [0.2, 0.25) is 0 Å². The monoisotopic (exact) mass is 247 g/mol. The maximum atomic E-state index is 12.2. The molecule has 1 atom stereocenters. The highest BCUT2D eigenvalue weighted by molar-refractivity contribution is 6.04. The minimum absolute atomic E-state index is 0.173. The van der Waals surface area contributed by atoms with Crippen LogP contribution in [0.5, 0.6) is 0 Å². The number of amides is 1. The average Bonchev–Trinajstić information content (AvgIpc) is 2.66. The van der Waals surface area contributed by atoms with Crippen molar-refractivity contribution in [1.82, 2.24) is 14.7 Å². The summed E-state index contributed by atoms with van der Waals surface area (Å²) in [4.78, 5) is 13.7. The summed E-state index contributed by atoms with van der Waals surface area (Å²) in [6.07, 6.45) is -0.547. The number of aliphatic hydroxyl groups excluding tert-OH is 1. The summed E-state index contributed by atoms with van der Waals surface area (Å²) in [5.74, 6) is -0.173. The SMILES string of the molecule is CC(O)CN(C)C(=O)c1nn(C)c2ccccc12. The molecule has 1 N–H and O–H groups in total. The van der Waals surface area contributed by atoms with E-state index in [-0.39, 0.29) is 5.91 Å². The van der Waals surface area contributed by atoms with Crippen molar-refractivity contribution >= 4 is 16.8 Å². The Kier molecular flexibility index (Phi) is 3.34. The first kappa shape index (κ1) is 12.6. The molecule has 1 aromatic heterocycles. The summed E-state index contributed by atoms with van der Waals surface area (Å²) in [7, 11) is 3.48. The highest BCUT2D eigenvalue weighted by Gasteiger charge is 2.19. The first-order chi connectivity index (χ1) is 8.50. The number of hydrogen-bond donors (Lipinski definition) is 1. The second-order valence-corrected chi connectivity index (χ2v) is 4.52. The van der Waals surface area contributed by atoms with Crippen LogP contribution in [0.4, 0.5) is 0 Å². The first-order valence-corrected chi connectivity index (χ1v) is 5.86. The third kappa shape index (κ3) is 2.22. The van der Waals surface area contributed by atoms with E-state index in [0.29, 0.717) is 12.2 Å². The molecule has 1 heterocycles. The third-order valence-corrected chi connectivity index (χ3v) is 2.85. The lowest BCUT2D eigenvalue weighted by Crippen LogP contribution is -2.33. The lowest BCUT2D eigenvalue weighted by Gasteiger charge is -2.17. The van der Waals surface area contributed by atoms with Gasteiger partial charge in [0.05, 0.1) is 11.6 Å². The summed E-state index contributed by atoms with van der Waals surface area (Å²) < 4.78 is 1.69. The van der Waals surface area contributed by atoms with Crippen molar-refractivity contribution in [2.45, 2.75) is 13.0 Å². The Labute approximate surface area is 106 Å². The molecule has 0 bridgehead atoms. The second-order valence-electron chi connectivity index (χ2n) is 4.52. The van der Waals surface area contributed by atoms with E-state index >= 15 is 0 Å². The van der Waals surface area contributed by atoms with E-state index in [1.54, 1.807) is 18.7 Å². The van der Waals surface area contributed by atoms with Crippen LogP contribution < -0.4 is 0 Å². The first-order valence-electron chi connectivity index (χ1n) is 5.86. The van der Waals surface area contributed by atoms with Gasteiger partial charge < -0.3 is 10.0 Å². The maximum Gasteiger partial charge on any atom is 0.274 e. The van der Waals surface area contributed by atoms with Crippen LogP contribution in [-0.4, -0.2) is 45.4 Å². The van der Waals surface area contributed by atoms with Gasteiger partial charge in [0.25, 0.3) is 5.91 Å². The number of likely N-dealkylation sites (N-methyl/N-ethyl adjacent to an activating group) is 1. The van der Waals surface area contributed by atoms with Gasteiger partial charge in [0, 0.05) is 26.0 Å². The van der Waals surface area contributed by atoms with E-state index in [2.05, 4.69) is 5.10 Å². The quantitative estimate of drug-likeness (QED) is 0.881. The summed E-state index contributed by atoms with van der Waals surface area (Å²) in [5.41, 5.74) is 1.35. The molecule has 96 valence electrons. The molecule has 0 fully saturated rings. The van der Waals surface area contributed by atoms with Gasteiger partial charge in [-0.15, -0.1) is 0 Å². The summed E-state index contributed by atoms with van der Waals surface area (Å²) in [6, 6.07) is 7.60. The zero-order valence-electron chi connectivity index (χ0n) is 10.8. The predicted octanol–water partition coefficient (Wildman–Crippen LogP) is 1.03. The Morgan fingerprint density at radius 2 is 2.17 bits per heavy atom. The number of aromatic nitrogens is 2. The number of benzene rings is 1. The Balaban J connectivity index is 2.39. The highest BCUT2D eigenvalue weighted by atomic mass is 16.3. The number of aryl methyl sites for hydroxylation is 1. The van der Waals surface area contributed by atoms with Crippen LogP contribution >= 0.6 is 0 Å². The smallest absolute Gasteiger partial charge is 0.274 e. The number of para-hydroxylation sites is 1. The molecule has 1 amide bonds. The number of fused-ring (bicyclic) bond motifs is 1. The Bertz CT molecular complexity index is 575. The van der Waals surface area contributed by atoms with Crippen LogP contribution in [0.1, 0.15) is 17.4 Å². The molecule has 0 saturated carbocycles. The Hall–Kier alpha value is -1.88. The molecule has 1 aromatic carbocycles. The van der Waals surface area contributed by atoms with Gasteiger partial charge in [0.2, 0.25) is 0 Å². The van der Waals surface area contributed by atoms with Gasteiger partial charge in [0.15, 0.2) is 5.69 Å². The van der Waals surface area contributed by atoms with Crippen molar-refractivity contribution < 1.29 is 9.90 Å². The molecule has 5 nitrogen and oxygen atoms in total. The van der Waals surface area contributed by atoms with Crippen molar-refractivity contribution in [1.29, 1.82) is 0 Å². The second kappa shape index (κ2) is 4.78. The van der Waals surface area contributed by atoms with E-state index in [1.165, 1.54) is 4.90 Å². The minimum Gasteiger partial charge on any atom is -0.392 e. The summed E-state index contributed by atoms with van der Waals surface area (Å²) in [5, 5.41) is 14.4. The highest BCUT2D eigenvalue weighted by Crippen LogP contribution is 2.18. The average molecular weight is 247 g/mol. The van der Waals surface area contributed by atoms with Crippen molar-refractivity contribution in [2.75, 3.05) is 13.6 Å². The molecule has 0 aliphatic heterocycles. The molecule has 5 heteroatoms. The molecule has 2 rings (SSSR count). The van der Waals surface area contributed by atoms with Gasteiger partial charge >= 0.3 is 0 Å². The van der Waals surface area contributed by atoms with Gasteiger partial charge in [-0.25, -0.2) is 0 Å². The van der Waals surface area contributed by atoms with Gasteiger partial charge in [0.1, 0.15) is 0 Å². The van der Waals surface area contributed by atoms with Crippen LogP contribution in [0.3, 0.4) is 0 Å². The lowest BCUT2D eigenvalue weighted by molar-refractivity contribution is 0.0699. The summed E-state index contributed by atoms with van der Waals surface area (Å²) >= 11 is 0. The molecule has 0 spiro atoms. The Morgan fingerprint density at radius 1 is 1.50 bits per heavy atom. The van der Waals surface area contributed by atoms with E-state index in [0.717, 1.165) is 10.9 Å². The fourth-order valence-electron chi connectivity index (χ4n) is 2.03. The molecule has 0 saturated heterocycles. The fraction of sp³-hybridized carbons (Fsp3) is 0.385. The van der Waals surface area contributed by atoms with Crippen LogP contribution in [0.25, 0.3) is 10.9 Å². The number of carbonyl (C=O) groups is 1. The molecule has 0 radical (unpaired) electrons.